The van der Waals surface area contributed by atoms with Crippen molar-refractivity contribution in [3.05, 3.63) is 29.8 Å². The van der Waals surface area contributed by atoms with Gasteiger partial charge < -0.3 is 15.8 Å². The Morgan fingerprint density at radius 3 is 2.71 bits per heavy atom. The zero-order valence-electron chi connectivity index (χ0n) is 15.0. The standard InChI is InChI=1S/C18H30N4O.HI/c1-4-11-20-18(19)21-13-15-6-5-12-22(2)17(15)14-7-9-16(23-3)10-8-14;/h7-10,15,17H,4-6,11-13H2,1-3H3,(H3,19,20,21);1H. The lowest BCUT2D eigenvalue weighted by molar-refractivity contribution is 0.125. The molecule has 0 saturated carbocycles. The number of nitrogens with two attached hydrogens (primary N) is 1. The van der Waals surface area contributed by atoms with Crippen molar-refractivity contribution < 1.29 is 4.74 Å². The maximum absolute atomic E-state index is 5.94. The molecule has 0 amide bonds. The number of piperidine rings is 1. The van der Waals surface area contributed by atoms with Gasteiger partial charge in [-0.3, -0.25) is 9.89 Å². The van der Waals surface area contributed by atoms with Crippen molar-refractivity contribution in [2.24, 2.45) is 16.6 Å². The first-order valence-electron chi connectivity index (χ1n) is 8.53. The number of benzene rings is 1. The molecule has 136 valence electrons. The van der Waals surface area contributed by atoms with Crippen molar-refractivity contribution >= 4 is 29.9 Å². The predicted octanol–water partition coefficient (Wildman–Crippen LogP) is 3.01. The number of nitrogens with one attached hydrogen (secondary N) is 1. The van der Waals surface area contributed by atoms with Crippen LogP contribution in [0.15, 0.2) is 29.3 Å². The Bertz CT molecular complexity index is 506. The van der Waals surface area contributed by atoms with Crippen LogP contribution in [0.25, 0.3) is 0 Å². The van der Waals surface area contributed by atoms with Crippen LogP contribution in [-0.2, 0) is 0 Å². The molecule has 1 aliphatic rings. The van der Waals surface area contributed by atoms with Crippen LogP contribution in [0, 0.1) is 5.92 Å². The molecular formula is C18H31IN4O. The first-order valence-corrected chi connectivity index (χ1v) is 8.53. The zero-order valence-corrected chi connectivity index (χ0v) is 17.3. The lowest BCUT2D eigenvalue weighted by Gasteiger charge is -2.39. The van der Waals surface area contributed by atoms with E-state index in [1.54, 1.807) is 7.11 Å². The smallest absolute Gasteiger partial charge is 0.188 e. The van der Waals surface area contributed by atoms with E-state index >= 15 is 0 Å². The van der Waals surface area contributed by atoms with E-state index in [0.29, 0.717) is 17.9 Å². The molecule has 0 radical (unpaired) electrons. The maximum Gasteiger partial charge on any atom is 0.188 e. The molecule has 2 unspecified atom stereocenters. The number of hydrogen-bond donors (Lipinski definition) is 2. The minimum atomic E-state index is 0. The number of ether oxygens (including phenoxy) is 1. The van der Waals surface area contributed by atoms with Gasteiger partial charge in [0, 0.05) is 19.1 Å². The van der Waals surface area contributed by atoms with Gasteiger partial charge >= 0.3 is 0 Å². The van der Waals surface area contributed by atoms with Crippen molar-refractivity contribution in [3.63, 3.8) is 0 Å². The molecule has 1 heterocycles. The molecule has 2 rings (SSSR count). The number of nitrogens with zero attached hydrogens (tertiary/aromatic N) is 2. The second kappa shape index (κ2) is 10.8. The number of rotatable bonds is 6. The molecule has 1 aromatic rings. The van der Waals surface area contributed by atoms with Crippen molar-refractivity contribution in [1.82, 2.24) is 10.2 Å². The monoisotopic (exact) mass is 446 g/mol. The van der Waals surface area contributed by atoms with Gasteiger partial charge in [0.15, 0.2) is 5.96 Å². The van der Waals surface area contributed by atoms with Gasteiger partial charge in [0.05, 0.1) is 7.11 Å². The third-order valence-corrected chi connectivity index (χ3v) is 4.52. The SMILES string of the molecule is CCCNC(N)=NCC1CCCN(C)C1c1ccc(OC)cc1.I. The Morgan fingerprint density at radius 1 is 1.38 bits per heavy atom. The number of aliphatic imine (C=N–C) groups is 1. The van der Waals surface area contributed by atoms with E-state index in [2.05, 4.69) is 41.3 Å². The van der Waals surface area contributed by atoms with Crippen molar-refractivity contribution in [1.29, 1.82) is 0 Å². The molecule has 0 aromatic heterocycles. The molecule has 0 bridgehead atoms. The normalized spacial score (nSPS) is 21.9. The van der Waals surface area contributed by atoms with Gasteiger partial charge in [-0.1, -0.05) is 19.1 Å². The molecule has 3 N–H and O–H groups in total. The molecule has 1 saturated heterocycles. The molecule has 6 heteroatoms. The highest BCUT2D eigenvalue weighted by molar-refractivity contribution is 14.0. The average molecular weight is 446 g/mol. The van der Waals surface area contributed by atoms with E-state index in [1.807, 2.05) is 12.1 Å². The third-order valence-electron chi connectivity index (χ3n) is 4.52. The zero-order chi connectivity index (χ0) is 16.7. The molecule has 5 nitrogen and oxygen atoms in total. The highest BCUT2D eigenvalue weighted by Crippen LogP contribution is 2.35. The van der Waals surface area contributed by atoms with E-state index in [4.69, 9.17) is 10.5 Å². The summed E-state index contributed by atoms with van der Waals surface area (Å²) in [6.45, 7) is 4.89. The summed E-state index contributed by atoms with van der Waals surface area (Å²) >= 11 is 0. The lowest BCUT2D eigenvalue weighted by atomic mass is 9.85. The van der Waals surface area contributed by atoms with Crippen LogP contribution in [0.4, 0.5) is 0 Å². The highest BCUT2D eigenvalue weighted by atomic mass is 127. The first-order chi connectivity index (χ1) is 11.2. The fourth-order valence-electron chi connectivity index (χ4n) is 3.30. The molecule has 0 spiro atoms. The first kappa shape index (κ1) is 21.0. The van der Waals surface area contributed by atoms with E-state index in [0.717, 1.165) is 31.8 Å². The van der Waals surface area contributed by atoms with E-state index in [1.165, 1.54) is 18.4 Å². The molecular weight excluding hydrogens is 415 g/mol. The van der Waals surface area contributed by atoms with Gasteiger partial charge in [-0.2, -0.15) is 0 Å². The van der Waals surface area contributed by atoms with E-state index in [9.17, 15) is 0 Å². The number of likely N-dealkylation sites (tertiary alicyclic amines) is 1. The maximum atomic E-state index is 5.94. The second-order valence-electron chi connectivity index (χ2n) is 6.25. The Hall–Kier alpha value is -1.02. The summed E-state index contributed by atoms with van der Waals surface area (Å²) in [7, 11) is 3.90. The summed E-state index contributed by atoms with van der Waals surface area (Å²) < 4.78 is 5.27. The minimum absolute atomic E-state index is 0. The molecule has 2 atom stereocenters. The van der Waals surface area contributed by atoms with Gasteiger partial charge in [0.1, 0.15) is 5.75 Å². The lowest BCUT2D eigenvalue weighted by Crippen LogP contribution is -2.38. The summed E-state index contributed by atoms with van der Waals surface area (Å²) in [4.78, 5) is 6.99. The summed E-state index contributed by atoms with van der Waals surface area (Å²) in [5.41, 5.74) is 7.27. The van der Waals surface area contributed by atoms with Crippen molar-refractivity contribution in [2.75, 3.05) is 33.8 Å². The highest BCUT2D eigenvalue weighted by Gasteiger charge is 2.30. The number of guanidine groups is 1. The fourth-order valence-corrected chi connectivity index (χ4v) is 3.30. The topological polar surface area (TPSA) is 62.9 Å². The largest absolute Gasteiger partial charge is 0.497 e. The van der Waals surface area contributed by atoms with Gasteiger partial charge in [0.25, 0.3) is 0 Å². The average Bonchev–Trinajstić information content (AvgIpc) is 2.58. The Balaban J connectivity index is 0.00000288. The molecule has 1 aromatic carbocycles. The van der Waals surface area contributed by atoms with Crippen molar-refractivity contribution in [3.8, 4) is 5.75 Å². The Morgan fingerprint density at radius 2 is 2.08 bits per heavy atom. The van der Waals surface area contributed by atoms with Crippen LogP contribution < -0.4 is 15.8 Å². The van der Waals surface area contributed by atoms with Crippen LogP contribution in [-0.4, -0.2) is 44.7 Å². The van der Waals surface area contributed by atoms with E-state index < -0.39 is 0 Å². The summed E-state index contributed by atoms with van der Waals surface area (Å²) in [5, 5.41) is 3.15. The molecule has 1 aliphatic heterocycles. The second-order valence-corrected chi connectivity index (χ2v) is 6.25. The number of hydrogen-bond acceptors (Lipinski definition) is 3. The van der Waals surface area contributed by atoms with Crippen LogP contribution in [0.5, 0.6) is 5.75 Å². The summed E-state index contributed by atoms with van der Waals surface area (Å²) in [5.74, 6) is 1.95. The Kier molecular flexibility index (Phi) is 9.43. The van der Waals surface area contributed by atoms with E-state index in [-0.39, 0.29) is 24.0 Å². The van der Waals surface area contributed by atoms with Crippen LogP contribution in [0.1, 0.15) is 37.8 Å². The van der Waals surface area contributed by atoms with Gasteiger partial charge in [-0.05, 0) is 56.5 Å². The quantitative estimate of drug-likeness (QED) is 0.401. The minimum Gasteiger partial charge on any atom is -0.497 e. The van der Waals surface area contributed by atoms with Crippen LogP contribution in [0.3, 0.4) is 0 Å². The summed E-state index contributed by atoms with van der Waals surface area (Å²) in [6.07, 6.45) is 3.45. The van der Waals surface area contributed by atoms with Gasteiger partial charge in [0.2, 0.25) is 0 Å². The number of halogens is 1. The molecule has 24 heavy (non-hydrogen) atoms. The van der Waals surface area contributed by atoms with Crippen molar-refractivity contribution in [2.45, 2.75) is 32.2 Å². The third kappa shape index (κ3) is 5.81. The number of methoxy groups -OCH3 is 1. The molecule has 1 fully saturated rings. The van der Waals surface area contributed by atoms with Gasteiger partial charge in [-0.25, -0.2) is 0 Å². The van der Waals surface area contributed by atoms with Crippen LogP contribution >= 0.6 is 24.0 Å². The summed E-state index contributed by atoms with van der Waals surface area (Å²) in [6, 6.07) is 8.80. The predicted molar refractivity (Wildman–Crippen MR) is 111 cm³/mol. The fraction of sp³-hybridized carbons (Fsp3) is 0.611. The van der Waals surface area contributed by atoms with Gasteiger partial charge in [-0.15, -0.1) is 24.0 Å². The molecule has 0 aliphatic carbocycles. The Labute approximate surface area is 163 Å². The van der Waals surface area contributed by atoms with Crippen LogP contribution in [0.2, 0.25) is 0 Å².